The van der Waals surface area contributed by atoms with Crippen molar-refractivity contribution < 1.29 is 18.3 Å². The van der Waals surface area contributed by atoms with Gasteiger partial charge in [0, 0.05) is 37.3 Å². The van der Waals surface area contributed by atoms with Crippen LogP contribution < -0.4 is 20.1 Å². The molecule has 1 heterocycles. The van der Waals surface area contributed by atoms with Crippen LogP contribution in [-0.2, 0) is 6.42 Å². The third-order valence-electron chi connectivity index (χ3n) is 4.27. The maximum absolute atomic E-state index is 13.0. The second-order valence-corrected chi connectivity index (χ2v) is 6.32. The molecule has 0 saturated heterocycles. The maximum Gasteiger partial charge on any atom is 0.226 e. The number of anilines is 1. The summed E-state index contributed by atoms with van der Waals surface area (Å²) < 4.78 is 29.4. The van der Waals surface area contributed by atoms with Crippen molar-refractivity contribution in [2.45, 2.75) is 13.3 Å². The first kappa shape index (κ1) is 24.4. The number of aliphatic imine (C=N–C) groups is 1. The van der Waals surface area contributed by atoms with Crippen LogP contribution >= 0.6 is 24.0 Å². The van der Waals surface area contributed by atoms with Crippen molar-refractivity contribution in [1.82, 2.24) is 10.3 Å². The Kier molecular flexibility index (Phi) is 9.57. The highest BCUT2D eigenvalue weighted by Gasteiger charge is 2.09. The molecule has 0 radical (unpaired) electrons. The molecule has 7 nitrogen and oxygen atoms in total. The highest BCUT2D eigenvalue weighted by Crippen LogP contribution is 2.30. The van der Waals surface area contributed by atoms with Crippen molar-refractivity contribution in [3.8, 4) is 23.0 Å². The quantitative estimate of drug-likeness (QED) is 0.244. The summed E-state index contributed by atoms with van der Waals surface area (Å²) >= 11 is 0. The number of nitrogens with one attached hydrogen (secondary N) is 2. The molecule has 0 aliphatic rings. The van der Waals surface area contributed by atoms with Gasteiger partial charge in [-0.15, -0.1) is 24.0 Å². The molecule has 0 aliphatic heterocycles. The van der Waals surface area contributed by atoms with Crippen LogP contribution in [0.15, 0.2) is 58.1 Å². The maximum atomic E-state index is 13.0. The molecule has 0 atom stereocenters. The van der Waals surface area contributed by atoms with Crippen LogP contribution in [0.2, 0.25) is 0 Å². The van der Waals surface area contributed by atoms with E-state index in [1.54, 1.807) is 32.6 Å². The minimum absolute atomic E-state index is 0. The van der Waals surface area contributed by atoms with Crippen LogP contribution in [0.25, 0.3) is 11.5 Å². The summed E-state index contributed by atoms with van der Waals surface area (Å²) in [5, 5.41) is 6.46. The van der Waals surface area contributed by atoms with E-state index in [1.807, 2.05) is 25.1 Å². The molecule has 0 saturated carbocycles. The Morgan fingerprint density at radius 1 is 1.16 bits per heavy atom. The van der Waals surface area contributed by atoms with Crippen molar-refractivity contribution in [2.75, 3.05) is 32.6 Å². The van der Waals surface area contributed by atoms with Crippen molar-refractivity contribution >= 4 is 35.6 Å². The summed E-state index contributed by atoms with van der Waals surface area (Å²) in [6.07, 6.45) is 2.24. The van der Waals surface area contributed by atoms with Crippen LogP contribution in [0.3, 0.4) is 0 Å². The molecule has 0 bridgehead atoms. The average molecular weight is 540 g/mol. The number of hydrogen-bond acceptors (Lipinski definition) is 5. The molecule has 31 heavy (non-hydrogen) atoms. The van der Waals surface area contributed by atoms with E-state index >= 15 is 0 Å². The summed E-state index contributed by atoms with van der Waals surface area (Å²) in [7, 11) is 3.30. The lowest BCUT2D eigenvalue weighted by atomic mass is 10.2. The lowest BCUT2D eigenvalue weighted by molar-refractivity contribution is 0.311. The summed E-state index contributed by atoms with van der Waals surface area (Å²) in [6.45, 7) is 3.09. The molecule has 0 spiro atoms. The molecule has 3 rings (SSSR count). The van der Waals surface area contributed by atoms with E-state index in [-0.39, 0.29) is 29.8 Å². The number of guanidine groups is 1. The number of rotatable bonds is 8. The fraction of sp³-hybridized carbons (Fsp3) is 0.273. The summed E-state index contributed by atoms with van der Waals surface area (Å²) in [4.78, 5) is 8.68. The monoisotopic (exact) mass is 540 g/mol. The third kappa shape index (κ3) is 6.84. The second-order valence-electron chi connectivity index (χ2n) is 6.32. The smallest absolute Gasteiger partial charge is 0.226 e. The second kappa shape index (κ2) is 12.1. The van der Waals surface area contributed by atoms with Gasteiger partial charge in [0.15, 0.2) is 17.5 Å². The Morgan fingerprint density at radius 2 is 1.94 bits per heavy atom. The predicted octanol–water partition coefficient (Wildman–Crippen LogP) is 4.74. The van der Waals surface area contributed by atoms with Gasteiger partial charge in [0.25, 0.3) is 0 Å². The van der Waals surface area contributed by atoms with E-state index in [4.69, 9.17) is 13.9 Å². The van der Waals surface area contributed by atoms with Crippen LogP contribution in [0, 0.1) is 5.82 Å². The molecule has 2 N–H and O–H groups in total. The zero-order chi connectivity index (χ0) is 21.3. The number of aromatic nitrogens is 1. The molecule has 1 aromatic heterocycles. The molecular formula is C22H26FIN4O3. The van der Waals surface area contributed by atoms with Gasteiger partial charge in [0.2, 0.25) is 5.89 Å². The van der Waals surface area contributed by atoms with E-state index in [9.17, 15) is 4.39 Å². The zero-order valence-electron chi connectivity index (χ0n) is 17.6. The van der Waals surface area contributed by atoms with Crippen molar-refractivity contribution in [3.63, 3.8) is 0 Å². The van der Waals surface area contributed by atoms with Crippen LogP contribution in [-0.4, -0.2) is 38.3 Å². The Bertz CT molecular complexity index is 993. The summed E-state index contributed by atoms with van der Waals surface area (Å²) in [5.41, 5.74) is 2.35. The van der Waals surface area contributed by atoms with E-state index in [0.717, 1.165) is 16.9 Å². The highest BCUT2D eigenvalue weighted by atomic mass is 127. The van der Waals surface area contributed by atoms with Gasteiger partial charge in [-0.25, -0.2) is 9.37 Å². The Labute approximate surface area is 198 Å². The normalized spacial score (nSPS) is 10.9. The zero-order valence-corrected chi connectivity index (χ0v) is 20.0. The van der Waals surface area contributed by atoms with E-state index in [2.05, 4.69) is 20.6 Å². The number of ether oxygens (including phenoxy) is 2. The largest absolute Gasteiger partial charge is 0.493 e. The fourth-order valence-electron chi connectivity index (χ4n) is 2.79. The first-order chi connectivity index (χ1) is 14.6. The number of hydrogen-bond donors (Lipinski definition) is 2. The minimum Gasteiger partial charge on any atom is -0.493 e. The topological polar surface area (TPSA) is 80.9 Å². The molecule has 0 fully saturated rings. The van der Waals surface area contributed by atoms with Gasteiger partial charge in [0.1, 0.15) is 12.1 Å². The molecule has 166 valence electrons. The van der Waals surface area contributed by atoms with Crippen LogP contribution in [0.1, 0.15) is 12.6 Å². The lowest BCUT2D eigenvalue weighted by Gasteiger charge is -2.14. The lowest BCUT2D eigenvalue weighted by Crippen LogP contribution is -2.32. The highest BCUT2D eigenvalue weighted by molar-refractivity contribution is 14.0. The van der Waals surface area contributed by atoms with Gasteiger partial charge in [0.05, 0.1) is 19.4 Å². The predicted molar refractivity (Wildman–Crippen MR) is 130 cm³/mol. The first-order valence-electron chi connectivity index (χ1n) is 9.61. The van der Waals surface area contributed by atoms with Crippen LogP contribution in [0.5, 0.6) is 11.5 Å². The molecular weight excluding hydrogens is 514 g/mol. The number of halogens is 2. The first-order valence-corrected chi connectivity index (χ1v) is 9.61. The van der Waals surface area contributed by atoms with Gasteiger partial charge in [-0.2, -0.15) is 0 Å². The van der Waals surface area contributed by atoms with E-state index in [0.29, 0.717) is 42.9 Å². The van der Waals surface area contributed by atoms with Gasteiger partial charge >= 0.3 is 0 Å². The van der Waals surface area contributed by atoms with Gasteiger partial charge in [-0.1, -0.05) is 0 Å². The summed E-state index contributed by atoms with van der Waals surface area (Å²) in [6, 6.07) is 11.6. The van der Waals surface area contributed by atoms with E-state index in [1.165, 1.54) is 12.1 Å². The van der Waals surface area contributed by atoms with Crippen molar-refractivity contribution in [1.29, 1.82) is 0 Å². The standard InChI is InChI=1S/C22H25FN4O3.HI/c1-4-29-19-10-9-17(13-20(19)28-3)27-22(24-2)25-12-11-18-14-30-21(26-18)15-5-7-16(23)8-6-15;/h5-10,13-14H,4,11-12H2,1-3H3,(H2,24,25,27);1H. The fourth-order valence-corrected chi connectivity index (χ4v) is 2.79. The molecule has 0 aliphatic carbocycles. The molecule has 2 aromatic carbocycles. The van der Waals surface area contributed by atoms with Crippen molar-refractivity contribution in [2.24, 2.45) is 4.99 Å². The van der Waals surface area contributed by atoms with Crippen LogP contribution in [0.4, 0.5) is 10.1 Å². The molecule has 0 unspecified atom stereocenters. The third-order valence-corrected chi connectivity index (χ3v) is 4.27. The number of benzene rings is 2. The minimum atomic E-state index is -0.293. The van der Waals surface area contributed by atoms with E-state index < -0.39 is 0 Å². The Hall–Kier alpha value is -2.82. The average Bonchev–Trinajstić information content (AvgIpc) is 3.23. The van der Waals surface area contributed by atoms with Crippen molar-refractivity contribution in [3.05, 3.63) is 60.2 Å². The van der Waals surface area contributed by atoms with Gasteiger partial charge in [-0.05, 0) is 43.3 Å². The molecule has 9 heteroatoms. The SMILES string of the molecule is CCOc1ccc(NC(=NC)NCCc2coc(-c3ccc(F)cc3)n2)cc1OC.I. The van der Waals surface area contributed by atoms with Gasteiger partial charge in [-0.3, -0.25) is 4.99 Å². The number of oxazole rings is 1. The summed E-state index contributed by atoms with van der Waals surface area (Å²) in [5.74, 6) is 2.13. The molecule has 0 amide bonds. The Morgan fingerprint density at radius 3 is 2.61 bits per heavy atom. The number of methoxy groups -OCH3 is 1. The molecule has 3 aromatic rings. The Balaban J connectivity index is 0.00000341. The number of nitrogens with zero attached hydrogens (tertiary/aromatic N) is 2. The van der Waals surface area contributed by atoms with Gasteiger partial charge < -0.3 is 24.5 Å².